The number of carboxylic acids is 1. The molecule has 0 atom stereocenters. The molecule has 0 bridgehead atoms. The molecule has 0 amide bonds. The van der Waals surface area contributed by atoms with E-state index in [-0.39, 0.29) is 11.1 Å². The second kappa shape index (κ2) is 4.78. The molecule has 0 spiro atoms. The first kappa shape index (κ1) is 12.9. The van der Waals surface area contributed by atoms with E-state index in [2.05, 4.69) is 10.7 Å². The summed E-state index contributed by atoms with van der Waals surface area (Å²) in [5.74, 6) is 0.395. The van der Waals surface area contributed by atoms with Crippen molar-refractivity contribution in [2.75, 3.05) is 6.61 Å². The molecule has 1 aromatic rings. The average molecular weight is 244 g/mol. The molecule has 1 N–H and O–H groups in total. The second-order valence-corrected chi connectivity index (χ2v) is 3.06. The number of benzene rings is 1. The average Bonchev–Trinajstić information content (AvgIpc) is 2.24. The molecule has 0 saturated heterocycles. The first-order valence-electron chi connectivity index (χ1n) is 4.37. The zero-order valence-electron chi connectivity index (χ0n) is 8.41. The van der Waals surface area contributed by atoms with Gasteiger partial charge in [0, 0.05) is 5.56 Å². The molecule has 0 unspecified atom stereocenters. The van der Waals surface area contributed by atoms with Crippen molar-refractivity contribution >= 4 is 5.97 Å². The van der Waals surface area contributed by atoms with Gasteiger partial charge in [0.05, 0.1) is 0 Å². The Morgan fingerprint density at radius 1 is 1.47 bits per heavy atom. The predicted octanol–water partition coefficient (Wildman–Crippen LogP) is 2.31. The van der Waals surface area contributed by atoms with Crippen LogP contribution in [0.2, 0.25) is 0 Å². The van der Waals surface area contributed by atoms with E-state index < -0.39 is 24.5 Å². The predicted molar refractivity (Wildman–Crippen MR) is 52.9 cm³/mol. The fraction of sp³-hybridized carbons (Fsp3) is 0.182. The highest BCUT2D eigenvalue weighted by atomic mass is 19.4. The topological polar surface area (TPSA) is 46.5 Å². The number of hydrogen-bond donors (Lipinski definition) is 1. The molecule has 0 heterocycles. The molecule has 90 valence electrons. The molecule has 0 fully saturated rings. The summed E-state index contributed by atoms with van der Waals surface area (Å²) in [5, 5.41) is 8.75. The lowest BCUT2D eigenvalue weighted by Gasteiger charge is -2.11. The lowest BCUT2D eigenvalue weighted by Crippen LogP contribution is -2.20. The van der Waals surface area contributed by atoms with Crippen LogP contribution < -0.4 is 4.74 Å². The number of hydrogen-bond acceptors (Lipinski definition) is 2. The van der Waals surface area contributed by atoms with E-state index in [1.54, 1.807) is 0 Å². The van der Waals surface area contributed by atoms with Crippen molar-refractivity contribution in [1.82, 2.24) is 0 Å². The highest BCUT2D eigenvalue weighted by molar-refractivity contribution is 5.91. The molecule has 0 aliphatic heterocycles. The highest BCUT2D eigenvalue weighted by Gasteiger charge is 2.29. The third-order valence-corrected chi connectivity index (χ3v) is 1.77. The van der Waals surface area contributed by atoms with Crippen LogP contribution >= 0.6 is 0 Å². The van der Waals surface area contributed by atoms with Crippen LogP contribution in [-0.4, -0.2) is 23.9 Å². The molecule has 1 aromatic carbocycles. The fourth-order valence-electron chi connectivity index (χ4n) is 1.07. The molecular formula is C11H7F3O3. The Morgan fingerprint density at radius 2 is 2.12 bits per heavy atom. The Hall–Kier alpha value is -2.16. The minimum absolute atomic E-state index is 0.243. The van der Waals surface area contributed by atoms with Gasteiger partial charge in [-0.25, -0.2) is 4.79 Å². The molecule has 3 nitrogen and oxygen atoms in total. The van der Waals surface area contributed by atoms with Gasteiger partial charge in [-0.05, 0) is 18.2 Å². The molecule has 0 radical (unpaired) electrons. The lowest BCUT2D eigenvalue weighted by atomic mass is 10.1. The molecule has 17 heavy (non-hydrogen) atoms. The van der Waals surface area contributed by atoms with E-state index in [1.807, 2.05) is 0 Å². The fourth-order valence-corrected chi connectivity index (χ4v) is 1.07. The zero-order chi connectivity index (χ0) is 13.1. The first-order chi connectivity index (χ1) is 7.83. The van der Waals surface area contributed by atoms with Crippen molar-refractivity contribution in [2.24, 2.45) is 0 Å². The number of aromatic carboxylic acids is 1. The minimum Gasteiger partial charge on any atom is -0.483 e. The van der Waals surface area contributed by atoms with Crippen molar-refractivity contribution in [3.63, 3.8) is 0 Å². The van der Waals surface area contributed by atoms with Gasteiger partial charge in [0.2, 0.25) is 0 Å². The normalized spacial score (nSPS) is 10.7. The largest absolute Gasteiger partial charge is 0.483 e. The van der Waals surface area contributed by atoms with Crippen LogP contribution in [0.1, 0.15) is 15.9 Å². The number of rotatable bonds is 3. The van der Waals surface area contributed by atoms with Crippen LogP contribution in [0.15, 0.2) is 18.2 Å². The summed E-state index contributed by atoms with van der Waals surface area (Å²) < 4.78 is 40.2. The Kier molecular flexibility index (Phi) is 3.63. The maximum atomic E-state index is 11.9. The van der Waals surface area contributed by atoms with Gasteiger partial charge in [0.1, 0.15) is 11.3 Å². The lowest BCUT2D eigenvalue weighted by molar-refractivity contribution is -0.153. The number of carbonyl (C=O) groups is 1. The summed E-state index contributed by atoms with van der Waals surface area (Å²) in [4.78, 5) is 10.7. The zero-order valence-corrected chi connectivity index (χ0v) is 8.41. The van der Waals surface area contributed by atoms with Crippen molar-refractivity contribution in [3.05, 3.63) is 29.3 Å². The maximum Gasteiger partial charge on any atom is 0.422 e. The van der Waals surface area contributed by atoms with E-state index in [0.717, 1.165) is 12.1 Å². The van der Waals surface area contributed by atoms with Crippen molar-refractivity contribution in [1.29, 1.82) is 0 Å². The van der Waals surface area contributed by atoms with E-state index >= 15 is 0 Å². The number of halogens is 3. The van der Waals surface area contributed by atoms with Crippen LogP contribution in [0.5, 0.6) is 5.75 Å². The summed E-state index contributed by atoms with van der Waals surface area (Å²) in [6.45, 7) is -1.57. The SMILES string of the molecule is C#Cc1ccc(C(=O)O)c(OCC(F)(F)F)c1. The smallest absolute Gasteiger partial charge is 0.422 e. The van der Waals surface area contributed by atoms with Crippen LogP contribution in [0.25, 0.3) is 0 Å². The van der Waals surface area contributed by atoms with E-state index in [0.29, 0.717) is 0 Å². The van der Waals surface area contributed by atoms with Crippen molar-refractivity contribution in [2.45, 2.75) is 6.18 Å². The van der Waals surface area contributed by atoms with Gasteiger partial charge in [0.25, 0.3) is 0 Å². The number of terminal acetylenes is 1. The Labute approximate surface area is 94.8 Å². The van der Waals surface area contributed by atoms with E-state index in [4.69, 9.17) is 11.5 Å². The van der Waals surface area contributed by atoms with E-state index in [1.165, 1.54) is 6.07 Å². The molecule has 0 saturated carbocycles. The summed E-state index contributed by atoms with van der Waals surface area (Å²) in [7, 11) is 0. The Bertz CT molecular complexity index is 472. The number of carboxylic acid groups (broad SMARTS) is 1. The van der Waals surface area contributed by atoms with Crippen LogP contribution in [0, 0.1) is 12.3 Å². The molecule has 0 aliphatic rings. The Morgan fingerprint density at radius 3 is 2.59 bits per heavy atom. The highest BCUT2D eigenvalue weighted by Crippen LogP contribution is 2.23. The maximum absolute atomic E-state index is 11.9. The second-order valence-electron chi connectivity index (χ2n) is 3.06. The van der Waals surface area contributed by atoms with Gasteiger partial charge in [-0.15, -0.1) is 6.42 Å². The van der Waals surface area contributed by atoms with Crippen LogP contribution in [0.3, 0.4) is 0 Å². The monoisotopic (exact) mass is 244 g/mol. The van der Waals surface area contributed by atoms with Gasteiger partial charge in [-0.1, -0.05) is 5.92 Å². The number of ether oxygens (including phenoxy) is 1. The van der Waals surface area contributed by atoms with Crippen LogP contribution in [0.4, 0.5) is 13.2 Å². The van der Waals surface area contributed by atoms with Crippen molar-refractivity contribution in [3.8, 4) is 18.1 Å². The Balaban J connectivity index is 3.02. The molecule has 0 aliphatic carbocycles. The van der Waals surface area contributed by atoms with Gasteiger partial charge in [0.15, 0.2) is 6.61 Å². The molecular weight excluding hydrogens is 237 g/mol. The molecule has 1 rings (SSSR count). The van der Waals surface area contributed by atoms with Gasteiger partial charge >= 0.3 is 12.1 Å². The van der Waals surface area contributed by atoms with Crippen LogP contribution in [-0.2, 0) is 0 Å². The van der Waals surface area contributed by atoms with Gasteiger partial charge < -0.3 is 9.84 Å². The minimum atomic E-state index is -4.54. The third kappa shape index (κ3) is 3.72. The summed E-state index contributed by atoms with van der Waals surface area (Å²) in [6.07, 6.45) is 0.512. The molecule has 0 aromatic heterocycles. The summed E-state index contributed by atoms with van der Waals surface area (Å²) in [5.41, 5.74) is -0.125. The van der Waals surface area contributed by atoms with Gasteiger partial charge in [-0.2, -0.15) is 13.2 Å². The number of alkyl halides is 3. The quantitative estimate of drug-likeness (QED) is 0.830. The first-order valence-corrected chi connectivity index (χ1v) is 4.37. The summed E-state index contributed by atoms with van der Waals surface area (Å²) in [6, 6.07) is 3.49. The van der Waals surface area contributed by atoms with E-state index in [9.17, 15) is 18.0 Å². The summed E-state index contributed by atoms with van der Waals surface area (Å²) >= 11 is 0. The molecule has 6 heteroatoms. The van der Waals surface area contributed by atoms with Gasteiger partial charge in [-0.3, -0.25) is 0 Å². The standard InChI is InChI=1S/C11H7F3O3/c1-2-7-3-4-8(10(15)16)9(5-7)17-6-11(12,13)14/h1,3-5H,6H2,(H,15,16). The third-order valence-electron chi connectivity index (χ3n) is 1.77. The van der Waals surface area contributed by atoms with Crippen molar-refractivity contribution < 1.29 is 27.8 Å².